The van der Waals surface area contributed by atoms with E-state index < -0.39 is 11.5 Å². The van der Waals surface area contributed by atoms with Crippen LogP contribution in [0.4, 0.5) is 8.78 Å². The average Bonchev–Trinajstić information content (AvgIpc) is 2.14. The summed E-state index contributed by atoms with van der Waals surface area (Å²) in [5.41, 5.74) is 7.15. The van der Waals surface area contributed by atoms with E-state index in [1.165, 1.54) is 0 Å². The lowest BCUT2D eigenvalue weighted by Gasteiger charge is -2.45. The van der Waals surface area contributed by atoms with E-state index in [9.17, 15) is 8.78 Å². The number of hydrogen-bond donors (Lipinski definition) is 1. The van der Waals surface area contributed by atoms with Crippen LogP contribution in [0.15, 0.2) is 24.3 Å². The van der Waals surface area contributed by atoms with Crippen LogP contribution in [0.25, 0.3) is 0 Å². The van der Waals surface area contributed by atoms with Crippen LogP contribution in [0.5, 0.6) is 0 Å². The maximum absolute atomic E-state index is 12.9. The molecule has 2 N–H and O–H groups in total. The Bertz CT molecular complexity index is 366. The van der Waals surface area contributed by atoms with Gasteiger partial charge in [-0.3, -0.25) is 0 Å². The fourth-order valence-corrected chi connectivity index (χ4v) is 2.38. The third-order valence-electron chi connectivity index (χ3n) is 3.08. The minimum atomic E-state index is -2.57. The highest BCUT2D eigenvalue weighted by molar-refractivity contribution is 5.36. The van der Waals surface area contributed by atoms with Crippen LogP contribution in [0.1, 0.15) is 30.9 Å². The Balaban J connectivity index is 2.31. The average molecular weight is 211 g/mol. The lowest BCUT2D eigenvalue weighted by atomic mass is 9.68. The van der Waals surface area contributed by atoms with Gasteiger partial charge in [0.2, 0.25) is 0 Å². The molecule has 0 aromatic heterocycles. The third-order valence-corrected chi connectivity index (χ3v) is 3.08. The molecule has 1 aliphatic carbocycles. The molecule has 1 aromatic rings. The summed E-state index contributed by atoms with van der Waals surface area (Å²) in [6, 6.07) is 7.61. The number of rotatable bonds is 2. The van der Waals surface area contributed by atoms with Crippen LogP contribution in [0.3, 0.4) is 0 Å². The molecule has 0 atom stereocenters. The molecular weight excluding hydrogens is 196 g/mol. The Morgan fingerprint density at radius 3 is 2.40 bits per heavy atom. The van der Waals surface area contributed by atoms with Gasteiger partial charge in [0.15, 0.2) is 0 Å². The van der Waals surface area contributed by atoms with Gasteiger partial charge in [0.25, 0.3) is 5.92 Å². The summed E-state index contributed by atoms with van der Waals surface area (Å²) in [4.78, 5) is 0. The Kier molecular flexibility index (Phi) is 2.30. The molecule has 15 heavy (non-hydrogen) atoms. The topological polar surface area (TPSA) is 26.0 Å². The molecule has 0 heterocycles. The smallest absolute Gasteiger partial charge is 0.252 e. The molecule has 0 radical (unpaired) electrons. The molecular formula is C12H15F2N. The van der Waals surface area contributed by atoms with Crippen molar-refractivity contribution in [1.82, 2.24) is 0 Å². The van der Waals surface area contributed by atoms with E-state index in [2.05, 4.69) is 0 Å². The van der Waals surface area contributed by atoms with Crippen molar-refractivity contribution in [2.45, 2.75) is 37.6 Å². The Morgan fingerprint density at radius 1 is 1.27 bits per heavy atom. The number of benzene rings is 1. The van der Waals surface area contributed by atoms with Gasteiger partial charge in [0.1, 0.15) is 0 Å². The van der Waals surface area contributed by atoms with E-state index >= 15 is 0 Å². The molecule has 0 unspecified atom stereocenters. The molecule has 1 fully saturated rings. The van der Waals surface area contributed by atoms with E-state index in [0.29, 0.717) is 0 Å². The molecule has 0 amide bonds. The maximum atomic E-state index is 12.9. The number of aryl methyl sites for hydroxylation is 1. The van der Waals surface area contributed by atoms with Crippen molar-refractivity contribution in [1.29, 1.82) is 0 Å². The standard InChI is InChI=1S/C12H15F2N/c1-2-9-5-3-4-6-10(9)11(15)7-12(13,14)8-11/h3-6H,2,7-8,15H2,1H3. The first-order chi connectivity index (χ1) is 6.97. The second-order valence-corrected chi connectivity index (χ2v) is 4.38. The van der Waals surface area contributed by atoms with Gasteiger partial charge < -0.3 is 5.73 Å². The molecule has 82 valence electrons. The van der Waals surface area contributed by atoms with E-state index in [-0.39, 0.29) is 12.8 Å². The van der Waals surface area contributed by atoms with Crippen molar-refractivity contribution in [2.24, 2.45) is 5.73 Å². The van der Waals surface area contributed by atoms with E-state index in [1.807, 2.05) is 31.2 Å². The largest absolute Gasteiger partial charge is 0.321 e. The summed E-state index contributed by atoms with van der Waals surface area (Å²) in [6.07, 6.45) is 0.384. The number of halogens is 2. The summed E-state index contributed by atoms with van der Waals surface area (Å²) >= 11 is 0. The van der Waals surface area contributed by atoms with Gasteiger partial charge in [-0.1, -0.05) is 31.2 Å². The second-order valence-electron chi connectivity index (χ2n) is 4.38. The van der Waals surface area contributed by atoms with E-state index in [4.69, 9.17) is 5.73 Å². The number of alkyl halides is 2. The van der Waals surface area contributed by atoms with Crippen molar-refractivity contribution in [2.75, 3.05) is 0 Å². The first-order valence-corrected chi connectivity index (χ1v) is 5.22. The summed E-state index contributed by atoms with van der Waals surface area (Å²) in [7, 11) is 0. The van der Waals surface area contributed by atoms with Crippen molar-refractivity contribution >= 4 is 0 Å². The summed E-state index contributed by atoms with van der Waals surface area (Å²) in [5.74, 6) is -2.57. The van der Waals surface area contributed by atoms with Gasteiger partial charge in [-0.15, -0.1) is 0 Å². The van der Waals surface area contributed by atoms with Gasteiger partial charge in [0, 0.05) is 12.8 Å². The highest BCUT2D eigenvalue weighted by atomic mass is 19.3. The maximum Gasteiger partial charge on any atom is 0.252 e. The normalized spacial score (nSPS) is 22.1. The van der Waals surface area contributed by atoms with Crippen LogP contribution >= 0.6 is 0 Å². The predicted octanol–water partition coefficient (Wildman–Crippen LogP) is 2.83. The van der Waals surface area contributed by atoms with Crippen LogP contribution in [-0.2, 0) is 12.0 Å². The fourth-order valence-electron chi connectivity index (χ4n) is 2.38. The second kappa shape index (κ2) is 3.27. The molecule has 0 saturated heterocycles. The van der Waals surface area contributed by atoms with Gasteiger partial charge in [0.05, 0.1) is 5.54 Å². The highest BCUT2D eigenvalue weighted by Crippen LogP contribution is 2.50. The lowest BCUT2D eigenvalue weighted by molar-refractivity contribution is -0.125. The Morgan fingerprint density at radius 2 is 1.87 bits per heavy atom. The van der Waals surface area contributed by atoms with Gasteiger partial charge in [-0.2, -0.15) is 0 Å². The zero-order valence-electron chi connectivity index (χ0n) is 8.76. The van der Waals surface area contributed by atoms with Crippen molar-refractivity contribution in [3.8, 4) is 0 Å². The summed E-state index contributed by atoms with van der Waals surface area (Å²) < 4.78 is 25.7. The molecule has 0 bridgehead atoms. The van der Waals surface area contributed by atoms with Crippen LogP contribution in [-0.4, -0.2) is 5.92 Å². The van der Waals surface area contributed by atoms with E-state index in [0.717, 1.165) is 17.5 Å². The molecule has 0 spiro atoms. The van der Waals surface area contributed by atoms with Crippen molar-refractivity contribution in [3.05, 3.63) is 35.4 Å². The zero-order valence-corrected chi connectivity index (χ0v) is 8.76. The molecule has 1 nitrogen and oxygen atoms in total. The first-order valence-electron chi connectivity index (χ1n) is 5.22. The molecule has 3 heteroatoms. The van der Waals surface area contributed by atoms with Crippen LogP contribution in [0.2, 0.25) is 0 Å². The first kappa shape index (κ1) is 10.6. The number of nitrogens with two attached hydrogens (primary N) is 1. The van der Waals surface area contributed by atoms with Crippen molar-refractivity contribution < 1.29 is 8.78 Å². The molecule has 1 aliphatic rings. The summed E-state index contributed by atoms with van der Waals surface area (Å²) in [5, 5.41) is 0. The SMILES string of the molecule is CCc1ccccc1C1(N)CC(F)(F)C1. The van der Waals surface area contributed by atoms with E-state index in [1.54, 1.807) is 0 Å². The molecule has 1 saturated carbocycles. The van der Waals surface area contributed by atoms with Gasteiger partial charge in [-0.25, -0.2) is 8.78 Å². The molecule has 0 aliphatic heterocycles. The monoisotopic (exact) mass is 211 g/mol. The minimum absolute atomic E-state index is 0.225. The number of hydrogen-bond acceptors (Lipinski definition) is 1. The third kappa shape index (κ3) is 1.76. The summed E-state index contributed by atoms with van der Waals surface area (Å²) in [6.45, 7) is 2.01. The predicted molar refractivity (Wildman–Crippen MR) is 55.9 cm³/mol. The highest BCUT2D eigenvalue weighted by Gasteiger charge is 2.55. The quantitative estimate of drug-likeness (QED) is 0.799. The molecule has 1 aromatic carbocycles. The molecule has 2 rings (SSSR count). The Labute approximate surface area is 88.3 Å². The zero-order chi connectivity index (χ0) is 11.1. The fraction of sp³-hybridized carbons (Fsp3) is 0.500. The van der Waals surface area contributed by atoms with Crippen LogP contribution < -0.4 is 5.73 Å². The van der Waals surface area contributed by atoms with Gasteiger partial charge >= 0.3 is 0 Å². The lowest BCUT2D eigenvalue weighted by Crippen LogP contribution is -2.55. The van der Waals surface area contributed by atoms with Crippen LogP contribution in [0, 0.1) is 0 Å². The van der Waals surface area contributed by atoms with Crippen molar-refractivity contribution in [3.63, 3.8) is 0 Å². The Hall–Kier alpha value is -0.960. The minimum Gasteiger partial charge on any atom is -0.321 e. The van der Waals surface area contributed by atoms with Gasteiger partial charge in [-0.05, 0) is 17.5 Å².